The Morgan fingerprint density at radius 1 is 1.18 bits per heavy atom. The van der Waals surface area contributed by atoms with Crippen molar-refractivity contribution in [1.29, 1.82) is 0 Å². The van der Waals surface area contributed by atoms with Crippen LogP contribution in [-0.2, 0) is 0 Å². The van der Waals surface area contributed by atoms with E-state index in [2.05, 4.69) is 0 Å². The van der Waals surface area contributed by atoms with Crippen LogP contribution in [0.25, 0.3) is 0 Å². The Morgan fingerprint density at radius 3 is 1.27 bits per heavy atom. The summed E-state index contributed by atoms with van der Waals surface area (Å²) in [5, 5.41) is 13.9. The fourth-order valence-electron chi connectivity index (χ4n) is 0. The van der Waals surface area contributed by atoms with Gasteiger partial charge in [0.2, 0.25) is 0 Å². The summed E-state index contributed by atoms with van der Waals surface area (Å²) in [6.07, 6.45) is -11.4. The first-order valence-electron chi connectivity index (χ1n) is 1.94. The molecule has 0 saturated heterocycles. The number of rotatable bonds is 0. The molecular weight excluding hydrogens is 179 g/mol. The second-order valence-electron chi connectivity index (χ2n) is 1.12. The summed E-state index contributed by atoms with van der Waals surface area (Å²) in [6, 6.07) is 0. The minimum atomic E-state index is -5.33. The van der Waals surface area contributed by atoms with Crippen molar-refractivity contribution in [2.45, 2.75) is 12.6 Å². The molecule has 0 aliphatic rings. The smallest absolute Gasteiger partial charge is 0.450 e. The number of alkyl halides is 5. The van der Waals surface area contributed by atoms with Crippen molar-refractivity contribution < 1.29 is 37.0 Å². The van der Waals surface area contributed by atoms with E-state index in [0.717, 1.165) is 0 Å². The predicted octanol–water partition coefficient (Wildman–Crippen LogP) is 2.04. The van der Waals surface area contributed by atoms with E-state index in [0.29, 0.717) is 0 Å². The van der Waals surface area contributed by atoms with Gasteiger partial charge in [-0.2, -0.15) is 13.2 Å². The Balaban J connectivity index is 0. The van der Waals surface area contributed by atoms with Crippen molar-refractivity contribution in [3.8, 4) is 0 Å². The van der Waals surface area contributed by atoms with Gasteiger partial charge in [-0.1, -0.05) is 0 Å². The fourth-order valence-corrected chi connectivity index (χ4v) is 0. The van der Waals surface area contributed by atoms with Crippen molar-refractivity contribution in [2.24, 2.45) is 0 Å². The zero-order valence-corrected chi connectivity index (χ0v) is 4.77. The van der Waals surface area contributed by atoms with Gasteiger partial charge in [-0.05, 0) is 0 Å². The Morgan fingerprint density at radius 2 is 1.27 bits per heavy atom. The van der Waals surface area contributed by atoms with E-state index in [1.807, 2.05) is 0 Å². The Bertz CT molecular complexity index is 115. The van der Waals surface area contributed by atoms with Gasteiger partial charge in [-0.3, -0.25) is 0 Å². The molecular formula is C3H3F5O3. The number of hydrogen-bond acceptors (Lipinski definition) is 1. The van der Waals surface area contributed by atoms with E-state index in [9.17, 15) is 22.0 Å². The monoisotopic (exact) mass is 182 g/mol. The summed E-state index contributed by atoms with van der Waals surface area (Å²) in [5.74, 6) is 0. The topological polar surface area (TPSA) is 57.5 Å². The van der Waals surface area contributed by atoms with Crippen LogP contribution in [0.4, 0.5) is 26.7 Å². The van der Waals surface area contributed by atoms with Gasteiger partial charge in [0, 0.05) is 0 Å². The summed E-state index contributed by atoms with van der Waals surface area (Å²) < 4.78 is 52.1. The maximum atomic E-state index is 10.4. The van der Waals surface area contributed by atoms with E-state index < -0.39 is 18.8 Å². The van der Waals surface area contributed by atoms with Gasteiger partial charge in [0.05, 0.1) is 0 Å². The second kappa shape index (κ2) is 4.69. The third kappa shape index (κ3) is 17.6. The minimum Gasteiger partial charge on any atom is -0.450 e. The molecule has 0 aliphatic carbocycles. The molecule has 3 nitrogen and oxygen atoms in total. The lowest BCUT2D eigenvalue weighted by molar-refractivity contribution is -0.219. The SMILES string of the molecule is FC(F)C(F)(F)F.O=C(O)O. The maximum Gasteiger partial charge on any atom is 0.503 e. The number of carbonyl (C=O) groups is 1. The van der Waals surface area contributed by atoms with Gasteiger partial charge >= 0.3 is 18.8 Å². The molecule has 0 atom stereocenters. The fraction of sp³-hybridized carbons (Fsp3) is 0.667. The van der Waals surface area contributed by atoms with E-state index in [1.165, 1.54) is 0 Å². The Hall–Kier alpha value is -1.08. The first kappa shape index (κ1) is 12.6. The van der Waals surface area contributed by atoms with Crippen molar-refractivity contribution in [2.75, 3.05) is 0 Å². The third-order valence-electron chi connectivity index (χ3n) is 0.247. The molecule has 0 heterocycles. The van der Waals surface area contributed by atoms with Crippen LogP contribution in [0.2, 0.25) is 0 Å². The van der Waals surface area contributed by atoms with Crippen LogP contribution >= 0.6 is 0 Å². The van der Waals surface area contributed by atoms with Gasteiger partial charge in [0.1, 0.15) is 0 Å². The number of halogens is 5. The molecule has 0 rings (SSSR count). The highest BCUT2D eigenvalue weighted by molar-refractivity contribution is 5.53. The van der Waals surface area contributed by atoms with Crippen molar-refractivity contribution in [1.82, 2.24) is 0 Å². The van der Waals surface area contributed by atoms with Crippen LogP contribution in [-0.4, -0.2) is 29.0 Å². The molecule has 0 unspecified atom stereocenters. The quantitative estimate of drug-likeness (QED) is 0.563. The normalized spacial score (nSPS) is 10.4. The maximum absolute atomic E-state index is 10.4. The van der Waals surface area contributed by atoms with Crippen LogP contribution in [0.5, 0.6) is 0 Å². The van der Waals surface area contributed by atoms with Gasteiger partial charge in [0.15, 0.2) is 0 Å². The summed E-state index contributed by atoms with van der Waals surface area (Å²) in [4.78, 5) is 8.56. The number of hydrogen-bond donors (Lipinski definition) is 2. The van der Waals surface area contributed by atoms with E-state index in [-0.39, 0.29) is 0 Å². The highest BCUT2D eigenvalue weighted by Gasteiger charge is 2.40. The largest absolute Gasteiger partial charge is 0.503 e. The highest BCUT2D eigenvalue weighted by atomic mass is 19.4. The molecule has 0 bridgehead atoms. The summed E-state index contributed by atoms with van der Waals surface area (Å²) in [5.41, 5.74) is 0. The zero-order valence-electron chi connectivity index (χ0n) is 4.77. The van der Waals surface area contributed by atoms with E-state index >= 15 is 0 Å². The molecule has 0 fully saturated rings. The molecule has 68 valence electrons. The van der Waals surface area contributed by atoms with Gasteiger partial charge in [-0.15, -0.1) is 0 Å². The van der Waals surface area contributed by atoms with E-state index in [4.69, 9.17) is 15.0 Å². The molecule has 0 spiro atoms. The molecule has 0 aromatic carbocycles. The van der Waals surface area contributed by atoms with Crippen LogP contribution in [0, 0.1) is 0 Å². The van der Waals surface area contributed by atoms with Crippen LogP contribution in [0.3, 0.4) is 0 Å². The average molecular weight is 182 g/mol. The molecule has 11 heavy (non-hydrogen) atoms. The summed E-state index contributed by atoms with van der Waals surface area (Å²) in [6.45, 7) is 0. The van der Waals surface area contributed by atoms with Gasteiger partial charge < -0.3 is 10.2 Å². The van der Waals surface area contributed by atoms with Crippen molar-refractivity contribution in [3.05, 3.63) is 0 Å². The molecule has 0 radical (unpaired) electrons. The van der Waals surface area contributed by atoms with Crippen molar-refractivity contribution >= 4 is 6.16 Å². The molecule has 0 saturated carbocycles. The summed E-state index contributed by atoms with van der Waals surface area (Å²) >= 11 is 0. The molecule has 0 amide bonds. The highest BCUT2D eigenvalue weighted by Crippen LogP contribution is 2.22. The Labute approximate surface area is 57.1 Å². The summed E-state index contributed by atoms with van der Waals surface area (Å²) in [7, 11) is 0. The first-order chi connectivity index (χ1) is 4.68. The molecule has 8 heteroatoms. The van der Waals surface area contributed by atoms with Crippen molar-refractivity contribution in [3.63, 3.8) is 0 Å². The average Bonchev–Trinajstić information content (AvgIpc) is 1.59. The minimum absolute atomic E-state index is 1.83. The van der Waals surface area contributed by atoms with E-state index in [1.54, 1.807) is 0 Å². The lowest BCUT2D eigenvalue weighted by Crippen LogP contribution is -2.18. The molecule has 2 N–H and O–H groups in total. The lowest BCUT2D eigenvalue weighted by Gasteiger charge is -2.00. The van der Waals surface area contributed by atoms with Crippen LogP contribution < -0.4 is 0 Å². The third-order valence-corrected chi connectivity index (χ3v) is 0.247. The van der Waals surface area contributed by atoms with Gasteiger partial charge in [0.25, 0.3) is 0 Å². The molecule has 0 aromatic heterocycles. The second-order valence-corrected chi connectivity index (χ2v) is 1.12. The lowest BCUT2D eigenvalue weighted by atomic mass is 10.7. The molecule has 0 aliphatic heterocycles. The zero-order chi connectivity index (χ0) is 9.65. The predicted molar refractivity (Wildman–Crippen MR) is 22.7 cm³/mol. The number of carboxylic acid groups (broad SMARTS) is 2. The Kier molecular flexibility index (Phi) is 5.37. The van der Waals surface area contributed by atoms with Crippen LogP contribution in [0.1, 0.15) is 0 Å². The molecule has 0 aromatic rings. The first-order valence-corrected chi connectivity index (χ1v) is 1.94. The standard InChI is InChI=1S/C2HF5.CH2O3/c3-1(4)2(5,6)7;2-1(3)4/h1H;(H2,2,3,4). The van der Waals surface area contributed by atoms with Crippen LogP contribution in [0.15, 0.2) is 0 Å². The van der Waals surface area contributed by atoms with Gasteiger partial charge in [-0.25, -0.2) is 13.6 Å².